The summed E-state index contributed by atoms with van der Waals surface area (Å²) in [4.78, 5) is 11.3. The maximum absolute atomic E-state index is 11.3. The van der Waals surface area contributed by atoms with Gasteiger partial charge in [0.05, 0.1) is 6.54 Å². The molecule has 0 aromatic carbocycles. The van der Waals surface area contributed by atoms with Crippen molar-refractivity contribution in [1.29, 1.82) is 0 Å². The minimum Gasteiger partial charge on any atom is -0.353 e. The number of hydrogen-bond acceptors (Lipinski definition) is 2. The molecule has 0 fully saturated rings. The molecule has 1 amide bonds. The van der Waals surface area contributed by atoms with Gasteiger partial charge in [0.15, 0.2) is 0 Å². The number of rotatable bonds is 7. The van der Waals surface area contributed by atoms with Gasteiger partial charge in [0.2, 0.25) is 5.91 Å². The summed E-state index contributed by atoms with van der Waals surface area (Å²) in [7, 11) is 0. The van der Waals surface area contributed by atoms with Crippen LogP contribution in [0.3, 0.4) is 0 Å². The summed E-state index contributed by atoms with van der Waals surface area (Å²) in [5, 5.41) is 6.05. The van der Waals surface area contributed by atoms with Crippen LogP contribution in [0.5, 0.6) is 0 Å². The molecule has 84 valence electrons. The first kappa shape index (κ1) is 13.4. The Bertz CT molecular complexity index is 157. The number of amides is 1. The highest BCUT2D eigenvalue weighted by molar-refractivity contribution is 5.78. The average Bonchev–Trinajstić information content (AvgIpc) is 2.02. The Labute approximate surface area is 87.6 Å². The Morgan fingerprint density at radius 2 is 1.93 bits per heavy atom. The number of carbonyl (C=O) groups excluding carboxylic acids is 1. The molecule has 2 N–H and O–H groups in total. The van der Waals surface area contributed by atoms with Crippen molar-refractivity contribution >= 4 is 5.91 Å². The predicted octanol–water partition coefficient (Wildman–Crippen LogP) is 1.54. The molecule has 0 heterocycles. The summed E-state index contributed by atoms with van der Waals surface area (Å²) in [6.45, 7) is 9.82. The van der Waals surface area contributed by atoms with E-state index in [0.717, 1.165) is 19.4 Å². The Morgan fingerprint density at radius 1 is 1.29 bits per heavy atom. The van der Waals surface area contributed by atoms with Crippen LogP contribution < -0.4 is 10.6 Å². The normalized spacial score (nSPS) is 12.9. The van der Waals surface area contributed by atoms with Gasteiger partial charge < -0.3 is 10.6 Å². The van der Waals surface area contributed by atoms with E-state index in [1.165, 1.54) is 0 Å². The molecule has 1 unspecified atom stereocenters. The first-order valence-corrected chi connectivity index (χ1v) is 5.56. The summed E-state index contributed by atoms with van der Waals surface area (Å²) in [6, 6.07) is 0.283. The summed E-state index contributed by atoms with van der Waals surface area (Å²) < 4.78 is 0. The lowest BCUT2D eigenvalue weighted by Crippen LogP contribution is -2.39. The van der Waals surface area contributed by atoms with Gasteiger partial charge in [-0.15, -0.1) is 0 Å². The molecule has 0 aromatic rings. The maximum atomic E-state index is 11.3. The van der Waals surface area contributed by atoms with Gasteiger partial charge in [-0.3, -0.25) is 4.79 Å². The summed E-state index contributed by atoms with van der Waals surface area (Å²) in [6.07, 6.45) is 2.11. The second-order valence-electron chi connectivity index (χ2n) is 4.27. The van der Waals surface area contributed by atoms with Crippen LogP contribution in [0.15, 0.2) is 0 Å². The topological polar surface area (TPSA) is 41.1 Å². The lowest BCUT2D eigenvalue weighted by atomic mass is 10.1. The molecule has 0 radical (unpaired) electrons. The lowest BCUT2D eigenvalue weighted by molar-refractivity contribution is -0.120. The van der Waals surface area contributed by atoms with Crippen molar-refractivity contribution in [2.45, 2.75) is 46.6 Å². The molecule has 3 heteroatoms. The van der Waals surface area contributed by atoms with Crippen LogP contribution in [0.25, 0.3) is 0 Å². The molecule has 14 heavy (non-hydrogen) atoms. The molecule has 0 bridgehead atoms. The molecule has 0 aromatic heterocycles. The number of hydrogen-bond donors (Lipinski definition) is 2. The highest BCUT2D eigenvalue weighted by Gasteiger charge is 2.07. The van der Waals surface area contributed by atoms with Crippen LogP contribution in [0.1, 0.15) is 40.5 Å². The van der Waals surface area contributed by atoms with Crippen LogP contribution in [0.4, 0.5) is 0 Å². The van der Waals surface area contributed by atoms with E-state index < -0.39 is 0 Å². The van der Waals surface area contributed by atoms with Gasteiger partial charge in [-0.25, -0.2) is 0 Å². The van der Waals surface area contributed by atoms with Crippen molar-refractivity contribution in [2.75, 3.05) is 13.1 Å². The van der Waals surface area contributed by atoms with Gasteiger partial charge in [0.1, 0.15) is 0 Å². The van der Waals surface area contributed by atoms with Crippen molar-refractivity contribution in [1.82, 2.24) is 10.6 Å². The standard InChI is InChI=1S/C11H24N2O/c1-5-6-12-8-11(14)13-10(4)7-9(2)3/h9-10,12H,5-8H2,1-4H3,(H,13,14). The van der Waals surface area contributed by atoms with E-state index in [0.29, 0.717) is 12.5 Å². The van der Waals surface area contributed by atoms with Crippen LogP contribution in [0.2, 0.25) is 0 Å². The zero-order valence-electron chi connectivity index (χ0n) is 9.89. The Hall–Kier alpha value is -0.570. The van der Waals surface area contributed by atoms with Crippen LogP contribution in [0, 0.1) is 5.92 Å². The highest BCUT2D eigenvalue weighted by Crippen LogP contribution is 2.03. The largest absolute Gasteiger partial charge is 0.353 e. The van der Waals surface area contributed by atoms with E-state index in [1.54, 1.807) is 0 Å². The first-order chi connectivity index (χ1) is 6.56. The summed E-state index contributed by atoms with van der Waals surface area (Å²) in [5.74, 6) is 0.737. The van der Waals surface area contributed by atoms with Gasteiger partial charge in [-0.05, 0) is 32.2 Å². The maximum Gasteiger partial charge on any atom is 0.234 e. The molecule has 0 aliphatic carbocycles. The molecule has 0 spiro atoms. The predicted molar refractivity (Wildman–Crippen MR) is 60.2 cm³/mol. The van der Waals surface area contributed by atoms with Crippen molar-refractivity contribution in [3.05, 3.63) is 0 Å². The van der Waals surface area contributed by atoms with E-state index in [4.69, 9.17) is 0 Å². The highest BCUT2D eigenvalue weighted by atomic mass is 16.1. The zero-order chi connectivity index (χ0) is 11.0. The van der Waals surface area contributed by atoms with Gasteiger partial charge in [-0.2, -0.15) is 0 Å². The molecule has 0 saturated heterocycles. The van der Waals surface area contributed by atoms with Crippen LogP contribution in [-0.2, 0) is 4.79 Å². The first-order valence-electron chi connectivity index (χ1n) is 5.56. The molecule has 0 rings (SSSR count). The zero-order valence-corrected chi connectivity index (χ0v) is 9.89. The molecule has 3 nitrogen and oxygen atoms in total. The van der Waals surface area contributed by atoms with E-state index in [-0.39, 0.29) is 11.9 Å². The van der Waals surface area contributed by atoms with Crippen LogP contribution in [-0.4, -0.2) is 25.0 Å². The SMILES string of the molecule is CCCNCC(=O)NC(C)CC(C)C. The van der Waals surface area contributed by atoms with Gasteiger partial charge in [0.25, 0.3) is 0 Å². The Balaban J connectivity index is 3.50. The second-order valence-corrected chi connectivity index (χ2v) is 4.27. The molecular formula is C11H24N2O. The minimum atomic E-state index is 0.103. The average molecular weight is 200 g/mol. The fraction of sp³-hybridized carbons (Fsp3) is 0.909. The van der Waals surface area contributed by atoms with E-state index in [1.807, 2.05) is 0 Å². The van der Waals surface area contributed by atoms with Gasteiger partial charge in [0, 0.05) is 6.04 Å². The fourth-order valence-electron chi connectivity index (χ4n) is 1.47. The molecule has 0 aliphatic rings. The van der Waals surface area contributed by atoms with Crippen molar-refractivity contribution < 1.29 is 4.79 Å². The molecule has 0 aliphatic heterocycles. The van der Waals surface area contributed by atoms with Crippen molar-refractivity contribution in [3.8, 4) is 0 Å². The number of carbonyl (C=O) groups is 1. The Morgan fingerprint density at radius 3 is 2.43 bits per heavy atom. The third-order valence-corrected chi connectivity index (χ3v) is 1.94. The van der Waals surface area contributed by atoms with E-state index in [2.05, 4.69) is 38.3 Å². The smallest absolute Gasteiger partial charge is 0.234 e. The summed E-state index contributed by atoms with van der Waals surface area (Å²) >= 11 is 0. The van der Waals surface area contributed by atoms with Gasteiger partial charge >= 0.3 is 0 Å². The second kappa shape index (κ2) is 7.80. The third kappa shape index (κ3) is 8.05. The quantitative estimate of drug-likeness (QED) is 0.612. The van der Waals surface area contributed by atoms with E-state index >= 15 is 0 Å². The fourth-order valence-corrected chi connectivity index (χ4v) is 1.47. The summed E-state index contributed by atoms with van der Waals surface area (Å²) in [5.41, 5.74) is 0. The van der Waals surface area contributed by atoms with E-state index in [9.17, 15) is 4.79 Å². The third-order valence-electron chi connectivity index (χ3n) is 1.94. The molecular weight excluding hydrogens is 176 g/mol. The van der Waals surface area contributed by atoms with Crippen LogP contribution >= 0.6 is 0 Å². The van der Waals surface area contributed by atoms with Gasteiger partial charge in [-0.1, -0.05) is 20.8 Å². The lowest BCUT2D eigenvalue weighted by Gasteiger charge is -2.15. The number of nitrogens with one attached hydrogen (secondary N) is 2. The molecule has 0 saturated carbocycles. The minimum absolute atomic E-state index is 0.103. The Kier molecular flexibility index (Phi) is 7.48. The molecule has 1 atom stereocenters. The van der Waals surface area contributed by atoms with Crippen molar-refractivity contribution in [2.24, 2.45) is 5.92 Å². The van der Waals surface area contributed by atoms with Crippen molar-refractivity contribution in [3.63, 3.8) is 0 Å². The monoisotopic (exact) mass is 200 g/mol.